The van der Waals surface area contributed by atoms with Crippen molar-refractivity contribution >= 4 is 17.3 Å². The molecule has 0 aliphatic carbocycles. The van der Waals surface area contributed by atoms with Gasteiger partial charge in [0.1, 0.15) is 11.5 Å². The summed E-state index contributed by atoms with van der Waals surface area (Å²) in [6.45, 7) is 0. The van der Waals surface area contributed by atoms with E-state index in [4.69, 9.17) is 5.73 Å². The maximum Gasteiger partial charge on any atom is 0.275 e. The fourth-order valence-corrected chi connectivity index (χ4v) is 1.24. The summed E-state index contributed by atoms with van der Waals surface area (Å²) in [5.74, 6) is -1.10. The molecule has 0 atom stereocenters. The Balaban J connectivity index is 2.22. The average molecular weight is 232 g/mol. The van der Waals surface area contributed by atoms with Crippen LogP contribution in [-0.2, 0) is 0 Å². The second-order valence-electron chi connectivity index (χ2n) is 3.28. The van der Waals surface area contributed by atoms with Crippen LogP contribution in [-0.4, -0.2) is 15.9 Å². The summed E-state index contributed by atoms with van der Waals surface area (Å²) in [5.41, 5.74) is 5.98. The molecule has 2 rings (SSSR count). The van der Waals surface area contributed by atoms with Crippen molar-refractivity contribution in [3.8, 4) is 0 Å². The second-order valence-corrected chi connectivity index (χ2v) is 3.28. The number of hydrogen-bond acceptors (Lipinski definition) is 4. The van der Waals surface area contributed by atoms with Gasteiger partial charge in [-0.2, -0.15) is 0 Å². The van der Waals surface area contributed by atoms with E-state index < -0.39 is 11.7 Å². The van der Waals surface area contributed by atoms with Crippen LogP contribution in [0.15, 0.2) is 36.8 Å². The molecule has 0 radical (unpaired) electrons. The normalized spacial score (nSPS) is 9.94. The summed E-state index contributed by atoms with van der Waals surface area (Å²) in [6, 6.07) is 3.93. The van der Waals surface area contributed by atoms with E-state index in [0.717, 1.165) is 0 Å². The summed E-state index contributed by atoms with van der Waals surface area (Å²) in [7, 11) is 0. The van der Waals surface area contributed by atoms with Crippen LogP contribution in [0.4, 0.5) is 15.8 Å². The smallest absolute Gasteiger partial charge is 0.275 e. The third kappa shape index (κ3) is 2.54. The molecule has 0 unspecified atom stereocenters. The van der Waals surface area contributed by atoms with E-state index in [2.05, 4.69) is 15.3 Å². The maximum absolute atomic E-state index is 13.3. The molecule has 0 fully saturated rings. The van der Waals surface area contributed by atoms with Gasteiger partial charge in [-0.05, 0) is 18.2 Å². The number of rotatable bonds is 2. The number of carbonyl (C=O) groups excluding carboxylic acids is 1. The van der Waals surface area contributed by atoms with Crippen molar-refractivity contribution < 1.29 is 9.18 Å². The van der Waals surface area contributed by atoms with E-state index in [1.807, 2.05) is 0 Å². The number of nitrogens with one attached hydrogen (secondary N) is 1. The van der Waals surface area contributed by atoms with Crippen LogP contribution < -0.4 is 11.1 Å². The summed E-state index contributed by atoms with van der Waals surface area (Å²) < 4.78 is 13.3. The first-order valence-corrected chi connectivity index (χ1v) is 4.79. The SMILES string of the molecule is Nc1ccc(F)c(NC(=O)c2cnccn2)c1. The molecule has 5 nitrogen and oxygen atoms in total. The van der Waals surface area contributed by atoms with Crippen LogP contribution in [0.1, 0.15) is 10.5 Å². The molecule has 0 saturated carbocycles. The van der Waals surface area contributed by atoms with Gasteiger partial charge in [0.05, 0.1) is 11.9 Å². The highest BCUT2D eigenvalue weighted by atomic mass is 19.1. The minimum atomic E-state index is -0.559. The fraction of sp³-hybridized carbons (Fsp3) is 0. The molecule has 0 aliphatic heterocycles. The highest BCUT2D eigenvalue weighted by Crippen LogP contribution is 2.17. The number of aromatic nitrogens is 2. The van der Waals surface area contributed by atoms with Crippen molar-refractivity contribution in [1.29, 1.82) is 0 Å². The van der Waals surface area contributed by atoms with Gasteiger partial charge in [-0.1, -0.05) is 0 Å². The zero-order valence-electron chi connectivity index (χ0n) is 8.72. The molecule has 1 aromatic heterocycles. The third-order valence-electron chi connectivity index (χ3n) is 2.03. The number of carbonyl (C=O) groups is 1. The van der Waals surface area contributed by atoms with Gasteiger partial charge >= 0.3 is 0 Å². The molecule has 0 spiro atoms. The zero-order valence-corrected chi connectivity index (χ0v) is 8.72. The number of anilines is 2. The number of benzene rings is 1. The number of nitrogens with two attached hydrogens (primary N) is 1. The highest BCUT2D eigenvalue weighted by Gasteiger charge is 2.10. The maximum atomic E-state index is 13.3. The Morgan fingerprint density at radius 1 is 1.35 bits per heavy atom. The number of nitrogens with zero attached hydrogens (tertiary/aromatic N) is 2. The van der Waals surface area contributed by atoms with Crippen molar-refractivity contribution in [2.45, 2.75) is 0 Å². The molecule has 0 bridgehead atoms. The van der Waals surface area contributed by atoms with Crippen LogP contribution in [0.3, 0.4) is 0 Å². The number of hydrogen-bond donors (Lipinski definition) is 2. The van der Waals surface area contributed by atoms with Gasteiger partial charge in [-0.15, -0.1) is 0 Å². The van der Waals surface area contributed by atoms with Gasteiger partial charge in [-0.25, -0.2) is 9.37 Å². The number of halogens is 1. The molecule has 1 amide bonds. The standard InChI is InChI=1S/C11H9FN4O/c12-8-2-1-7(13)5-9(8)16-11(17)10-6-14-3-4-15-10/h1-6H,13H2,(H,16,17). The quantitative estimate of drug-likeness (QED) is 0.768. The van der Waals surface area contributed by atoms with Gasteiger partial charge in [0.25, 0.3) is 5.91 Å². The lowest BCUT2D eigenvalue weighted by Gasteiger charge is -2.06. The summed E-state index contributed by atoms with van der Waals surface area (Å²) in [6.07, 6.45) is 4.11. The van der Waals surface area contributed by atoms with E-state index in [0.29, 0.717) is 5.69 Å². The van der Waals surface area contributed by atoms with Crippen molar-refractivity contribution in [3.05, 3.63) is 48.3 Å². The van der Waals surface area contributed by atoms with E-state index >= 15 is 0 Å². The molecular formula is C11H9FN4O. The van der Waals surface area contributed by atoms with Crippen molar-refractivity contribution in [2.75, 3.05) is 11.1 Å². The lowest BCUT2D eigenvalue weighted by atomic mass is 10.2. The van der Waals surface area contributed by atoms with Crippen molar-refractivity contribution in [1.82, 2.24) is 9.97 Å². The minimum absolute atomic E-state index is 0.0145. The Morgan fingerprint density at radius 3 is 2.88 bits per heavy atom. The van der Waals surface area contributed by atoms with Gasteiger partial charge in [-0.3, -0.25) is 9.78 Å². The Bertz CT molecular complexity index is 544. The van der Waals surface area contributed by atoms with Gasteiger partial charge in [0, 0.05) is 18.1 Å². The molecule has 3 N–H and O–H groups in total. The predicted molar refractivity (Wildman–Crippen MR) is 60.8 cm³/mol. The monoisotopic (exact) mass is 232 g/mol. The minimum Gasteiger partial charge on any atom is -0.399 e. The van der Waals surface area contributed by atoms with Crippen molar-refractivity contribution in [3.63, 3.8) is 0 Å². The Hall–Kier alpha value is -2.50. The number of amides is 1. The molecular weight excluding hydrogens is 223 g/mol. The Morgan fingerprint density at radius 2 is 2.18 bits per heavy atom. The molecule has 0 aliphatic rings. The van der Waals surface area contributed by atoms with Crippen molar-refractivity contribution in [2.24, 2.45) is 0 Å². The number of nitrogen functional groups attached to an aromatic ring is 1. The topological polar surface area (TPSA) is 80.9 Å². The van der Waals surface area contributed by atoms with Crippen LogP contribution in [0.2, 0.25) is 0 Å². The summed E-state index contributed by atoms with van der Waals surface area (Å²) in [5, 5.41) is 2.37. The molecule has 6 heteroatoms. The molecule has 86 valence electrons. The summed E-state index contributed by atoms with van der Waals surface area (Å²) in [4.78, 5) is 19.2. The Labute approximate surface area is 96.5 Å². The first-order chi connectivity index (χ1) is 8.16. The molecule has 1 aromatic carbocycles. The van der Waals surface area contributed by atoms with Gasteiger partial charge < -0.3 is 11.1 Å². The lowest BCUT2D eigenvalue weighted by molar-refractivity contribution is 0.102. The fourth-order valence-electron chi connectivity index (χ4n) is 1.24. The second kappa shape index (κ2) is 4.56. The third-order valence-corrected chi connectivity index (χ3v) is 2.03. The Kier molecular flexibility index (Phi) is 2.95. The zero-order chi connectivity index (χ0) is 12.3. The van der Waals surface area contributed by atoms with E-state index in [1.165, 1.54) is 36.8 Å². The van der Waals surface area contributed by atoms with E-state index in [-0.39, 0.29) is 11.4 Å². The molecule has 0 saturated heterocycles. The van der Waals surface area contributed by atoms with Gasteiger partial charge in [0.15, 0.2) is 0 Å². The van der Waals surface area contributed by atoms with E-state index in [1.54, 1.807) is 0 Å². The van der Waals surface area contributed by atoms with Crippen LogP contribution in [0, 0.1) is 5.82 Å². The predicted octanol–water partition coefficient (Wildman–Crippen LogP) is 1.45. The van der Waals surface area contributed by atoms with Gasteiger partial charge in [0.2, 0.25) is 0 Å². The van der Waals surface area contributed by atoms with Crippen LogP contribution in [0.25, 0.3) is 0 Å². The first-order valence-electron chi connectivity index (χ1n) is 4.79. The highest BCUT2D eigenvalue weighted by molar-refractivity contribution is 6.02. The summed E-state index contributed by atoms with van der Waals surface area (Å²) >= 11 is 0. The van der Waals surface area contributed by atoms with Crippen LogP contribution in [0.5, 0.6) is 0 Å². The van der Waals surface area contributed by atoms with E-state index in [9.17, 15) is 9.18 Å². The average Bonchev–Trinajstić information content (AvgIpc) is 2.35. The molecule has 17 heavy (non-hydrogen) atoms. The first kappa shape index (κ1) is 11.0. The van der Waals surface area contributed by atoms with Crippen LogP contribution >= 0.6 is 0 Å². The molecule has 2 aromatic rings. The largest absolute Gasteiger partial charge is 0.399 e. The molecule has 1 heterocycles. The lowest BCUT2D eigenvalue weighted by Crippen LogP contribution is -2.14.